The van der Waals surface area contributed by atoms with E-state index in [2.05, 4.69) is 15.4 Å². The number of phenols is 1. The van der Waals surface area contributed by atoms with Crippen LogP contribution in [-0.2, 0) is 4.79 Å². The molecule has 6 heteroatoms. The molecule has 0 saturated heterocycles. The van der Waals surface area contributed by atoms with Gasteiger partial charge in [0.15, 0.2) is 0 Å². The Hall–Kier alpha value is -2.37. The third-order valence-electron chi connectivity index (χ3n) is 2.62. The van der Waals surface area contributed by atoms with E-state index in [0.29, 0.717) is 5.69 Å². The number of amides is 1. The largest absolute Gasteiger partial charge is 0.506 e. The van der Waals surface area contributed by atoms with Gasteiger partial charge >= 0.3 is 0 Å². The lowest BCUT2D eigenvalue weighted by Gasteiger charge is -2.13. The highest BCUT2D eigenvalue weighted by atomic mass is 16.3. The molecular weight excluding hydrogens is 232 g/mol. The summed E-state index contributed by atoms with van der Waals surface area (Å²) in [5, 5.41) is 16.2. The van der Waals surface area contributed by atoms with Crippen LogP contribution in [-0.4, -0.2) is 25.8 Å². The lowest BCUT2D eigenvalue weighted by atomic mass is 10.2. The maximum absolute atomic E-state index is 11.9. The average Bonchev–Trinajstić information content (AvgIpc) is 2.85. The third-order valence-corrected chi connectivity index (χ3v) is 2.62. The van der Waals surface area contributed by atoms with Crippen molar-refractivity contribution >= 4 is 11.6 Å². The minimum Gasteiger partial charge on any atom is -0.506 e. The van der Waals surface area contributed by atoms with E-state index >= 15 is 0 Å². The molecule has 18 heavy (non-hydrogen) atoms. The van der Waals surface area contributed by atoms with E-state index < -0.39 is 6.04 Å². The van der Waals surface area contributed by atoms with Gasteiger partial charge in [0.05, 0.1) is 5.69 Å². The summed E-state index contributed by atoms with van der Waals surface area (Å²) in [6.07, 6.45) is 2.84. The first kappa shape index (κ1) is 12.1. The average molecular weight is 246 g/mol. The van der Waals surface area contributed by atoms with Gasteiger partial charge in [0.2, 0.25) is 5.91 Å². The predicted molar refractivity (Wildman–Crippen MR) is 66.2 cm³/mol. The molecule has 94 valence electrons. The van der Waals surface area contributed by atoms with Crippen molar-refractivity contribution in [1.29, 1.82) is 0 Å². The zero-order chi connectivity index (χ0) is 13.1. The topological polar surface area (TPSA) is 80.0 Å². The van der Waals surface area contributed by atoms with Crippen LogP contribution in [0.5, 0.6) is 5.75 Å². The van der Waals surface area contributed by atoms with Crippen molar-refractivity contribution in [3.05, 3.63) is 36.4 Å². The Bertz CT molecular complexity index is 551. The second-order valence-electron chi connectivity index (χ2n) is 4.06. The van der Waals surface area contributed by atoms with E-state index in [9.17, 15) is 9.90 Å². The third kappa shape index (κ3) is 2.48. The molecule has 1 aromatic heterocycles. The van der Waals surface area contributed by atoms with Gasteiger partial charge < -0.3 is 10.4 Å². The van der Waals surface area contributed by atoms with Gasteiger partial charge in [0.1, 0.15) is 24.4 Å². The van der Waals surface area contributed by atoms with Crippen LogP contribution in [0.25, 0.3) is 0 Å². The summed E-state index contributed by atoms with van der Waals surface area (Å²) in [7, 11) is 0. The Kier molecular flexibility index (Phi) is 3.27. The maximum atomic E-state index is 11.9. The number of benzene rings is 1. The van der Waals surface area contributed by atoms with Crippen molar-refractivity contribution < 1.29 is 9.90 Å². The lowest BCUT2D eigenvalue weighted by molar-refractivity contribution is -0.119. The number of nitrogens with zero attached hydrogens (tertiary/aromatic N) is 3. The van der Waals surface area contributed by atoms with Crippen LogP contribution < -0.4 is 5.32 Å². The molecule has 1 aromatic carbocycles. The summed E-state index contributed by atoms with van der Waals surface area (Å²) < 4.78 is 1.45. The number of rotatable bonds is 3. The van der Waals surface area contributed by atoms with Crippen molar-refractivity contribution in [2.24, 2.45) is 0 Å². The quantitative estimate of drug-likeness (QED) is 0.804. The number of phenolic OH excluding ortho intramolecular Hbond substituents is 1. The summed E-state index contributed by atoms with van der Waals surface area (Å²) in [6, 6.07) is 4.58. The number of carbonyl (C=O) groups is 1. The highest BCUT2D eigenvalue weighted by molar-refractivity contribution is 5.94. The number of carbonyl (C=O) groups excluding carboxylic acids is 1. The van der Waals surface area contributed by atoms with E-state index in [1.165, 1.54) is 17.3 Å². The SMILES string of the molecule is Cc1ccc(NC(=O)C(C)n2cncn2)c(O)c1. The first-order valence-corrected chi connectivity index (χ1v) is 5.52. The van der Waals surface area contributed by atoms with Crippen molar-refractivity contribution in [3.8, 4) is 5.75 Å². The molecule has 1 unspecified atom stereocenters. The van der Waals surface area contributed by atoms with Crippen molar-refractivity contribution in [1.82, 2.24) is 14.8 Å². The molecule has 2 aromatic rings. The molecule has 1 heterocycles. The number of nitrogens with one attached hydrogen (secondary N) is 1. The molecule has 1 atom stereocenters. The Morgan fingerprint density at radius 3 is 2.89 bits per heavy atom. The molecule has 6 nitrogen and oxygen atoms in total. The lowest BCUT2D eigenvalue weighted by Crippen LogP contribution is -2.24. The normalized spacial score (nSPS) is 12.1. The Balaban J connectivity index is 2.12. The fourth-order valence-corrected chi connectivity index (χ4v) is 1.52. The molecule has 0 saturated carbocycles. The number of hydrogen-bond donors (Lipinski definition) is 2. The number of aryl methyl sites for hydroxylation is 1. The first-order valence-electron chi connectivity index (χ1n) is 5.52. The number of hydrogen-bond acceptors (Lipinski definition) is 4. The van der Waals surface area contributed by atoms with Crippen LogP contribution in [0.1, 0.15) is 18.5 Å². The number of aromatic hydroxyl groups is 1. The van der Waals surface area contributed by atoms with Crippen LogP contribution in [0, 0.1) is 6.92 Å². The molecule has 0 spiro atoms. The zero-order valence-electron chi connectivity index (χ0n) is 10.2. The summed E-state index contributed by atoms with van der Waals surface area (Å²) in [5.74, 6) is -0.214. The highest BCUT2D eigenvalue weighted by Gasteiger charge is 2.16. The van der Waals surface area contributed by atoms with E-state index in [4.69, 9.17) is 0 Å². The van der Waals surface area contributed by atoms with E-state index in [1.54, 1.807) is 19.1 Å². The van der Waals surface area contributed by atoms with Gasteiger partial charge in [-0.15, -0.1) is 0 Å². The van der Waals surface area contributed by atoms with Gasteiger partial charge in [0, 0.05) is 0 Å². The summed E-state index contributed by atoms with van der Waals surface area (Å²) in [6.45, 7) is 3.57. The second kappa shape index (κ2) is 4.87. The van der Waals surface area contributed by atoms with Gasteiger partial charge in [0.25, 0.3) is 0 Å². The minimum absolute atomic E-state index is 0.0501. The maximum Gasteiger partial charge on any atom is 0.249 e. The van der Waals surface area contributed by atoms with Gasteiger partial charge in [-0.1, -0.05) is 6.07 Å². The standard InChI is InChI=1S/C12H14N4O2/c1-8-3-4-10(11(17)5-8)15-12(18)9(2)16-7-13-6-14-16/h3-7,9,17H,1-2H3,(H,15,18). The molecule has 0 fully saturated rings. The van der Waals surface area contributed by atoms with Crippen molar-refractivity contribution in [2.75, 3.05) is 5.32 Å². The molecule has 2 N–H and O–H groups in total. The number of anilines is 1. The first-order chi connectivity index (χ1) is 8.58. The van der Waals surface area contributed by atoms with Gasteiger partial charge in [-0.05, 0) is 31.5 Å². The second-order valence-corrected chi connectivity index (χ2v) is 4.06. The smallest absolute Gasteiger partial charge is 0.249 e. The molecule has 0 bridgehead atoms. The Morgan fingerprint density at radius 1 is 1.50 bits per heavy atom. The number of aromatic nitrogens is 3. The monoisotopic (exact) mass is 246 g/mol. The predicted octanol–water partition coefficient (Wildman–Crippen LogP) is 1.49. The fourth-order valence-electron chi connectivity index (χ4n) is 1.52. The van der Waals surface area contributed by atoms with E-state index in [1.807, 2.05) is 13.0 Å². The van der Waals surface area contributed by atoms with Crippen LogP contribution in [0.2, 0.25) is 0 Å². The molecule has 0 aliphatic carbocycles. The summed E-state index contributed by atoms with van der Waals surface area (Å²) in [5.41, 5.74) is 1.31. The molecular formula is C12H14N4O2. The zero-order valence-corrected chi connectivity index (χ0v) is 10.2. The molecule has 0 aliphatic heterocycles. The van der Waals surface area contributed by atoms with E-state index in [0.717, 1.165) is 5.56 Å². The van der Waals surface area contributed by atoms with Crippen LogP contribution >= 0.6 is 0 Å². The van der Waals surface area contributed by atoms with Crippen LogP contribution in [0.4, 0.5) is 5.69 Å². The van der Waals surface area contributed by atoms with Crippen LogP contribution in [0.3, 0.4) is 0 Å². The Labute approximate surface area is 104 Å². The van der Waals surface area contributed by atoms with Crippen molar-refractivity contribution in [3.63, 3.8) is 0 Å². The van der Waals surface area contributed by atoms with Crippen molar-refractivity contribution in [2.45, 2.75) is 19.9 Å². The highest BCUT2D eigenvalue weighted by Crippen LogP contribution is 2.24. The minimum atomic E-state index is -0.492. The summed E-state index contributed by atoms with van der Waals surface area (Å²) >= 11 is 0. The summed E-state index contributed by atoms with van der Waals surface area (Å²) in [4.78, 5) is 15.7. The molecule has 2 rings (SSSR count). The van der Waals surface area contributed by atoms with Gasteiger partial charge in [-0.25, -0.2) is 9.67 Å². The Morgan fingerprint density at radius 2 is 2.28 bits per heavy atom. The van der Waals surface area contributed by atoms with Crippen LogP contribution in [0.15, 0.2) is 30.9 Å². The molecule has 0 aliphatic rings. The molecule has 1 amide bonds. The van der Waals surface area contributed by atoms with Gasteiger partial charge in [-0.3, -0.25) is 4.79 Å². The fraction of sp³-hybridized carbons (Fsp3) is 0.250. The van der Waals surface area contributed by atoms with E-state index in [-0.39, 0.29) is 11.7 Å². The van der Waals surface area contributed by atoms with Gasteiger partial charge in [-0.2, -0.15) is 5.10 Å². The molecule has 0 radical (unpaired) electrons.